The fraction of sp³-hybridized carbons (Fsp3) is 0.357. The van der Waals surface area contributed by atoms with Crippen LogP contribution in [0.1, 0.15) is 18.1 Å². The highest BCUT2D eigenvalue weighted by molar-refractivity contribution is 5.85. The Bertz CT molecular complexity index is 536. The van der Waals surface area contributed by atoms with E-state index in [1.807, 2.05) is 0 Å². The molecule has 0 heterocycles. The summed E-state index contributed by atoms with van der Waals surface area (Å²) in [7, 11) is 1.13. The molecule has 0 aliphatic rings. The van der Waals surface area contributed by atoms with Crippen molar-refractivity contribution in [2.24, 2.45) is 0 Å². The molecular weight excluding hydrogens is 292 g/mol. The largest absolute Gasteiger partial charge is 0.496 e. The second-order valence-corrected chi connectivity index (χ2v) is 4.01. The summed E-state index contributed by atoms with van der Waals surface area (Å²) in [5.41, 5.74) is -0.755. The molecule has 0 aliphatic heterocycles. The van der Waals surface area contributed by atoms with E-state index in [-0.39, 0.29) is 24.3 Å². The van der Waals surface area contributed by atoms with E-state index in [2.05, 4.69) is 9.47 Å². The molecule has 0 saturated heterocycles. The third kappa shape index (κ3) is 4.77. The molecule has 0 spiro atoms. The maximum atomic E-state index is 13.3. The average molecular weight is 306 g/mol. The standard InChI is InChI=1S/C14H14F4O3/c1-3-21-13(19)11(15)6-4-9-5-7-12(20-2)10(8-9)14(16,17)18/h5-8H,3-4H2,1-2H3. The molecule has 1 aromatic rings. The molecule has 0 radical (unpaired) electrons. The molecule has 0 bridgehead atoms. The molecule has 1 rings (SSSR count). The summed E-state index contributed by atoms with van der Waals surface area (Å²) in [5.74, 6) is -2.59. The number of halogens is 4. The Morgan fingerprint density at radius 2 is 2.00 bits per heavy atom. The Morgan fingerprint density at radius 3 is 2.52 bits per heavy atom. The van der Waals surface area contributed by atoms with E-state index in [1.54, 1.807) is 0 Å². The summed E-state index contributed by atoms with van der Waals surface area (Å²) >= 11 is 0. The van der Waals surface area contributed by atoms with Crippen LogP contribution in [0.3, 0.4) is 0 Å². The van der Waals surface area contributed by atoms with Crippen molar-refractivity contribution in [2.45, 2.75) is 19.5 Å². The Balaban J connectivity index is 2.96. The van der Waals surface area contributed by atoms with Gasteiger partial charge in [-0.25, -0.2) is 4.79 Å². The van der Waals surface area contributed by atoms with Gasteiger partial charge in [-0.15, -0.1) is 0 Å². The van der Waals surface area contributed by atoms with E-state index in [0.29, 0.717) is 0 Å². The summed E-state index contributed by atoms with van der Waals surface area (Å²) in [6, 6.07) is 3.37. The molecule has 0 unspecified atom stereocenters. The van der Waals surface area contributed by atoms with Crippen molar-refractivity contribution in [1.29, 1.82) is 0 Å². The number of ether oxygens (including phenoxy) is 2. The number of carbonyl (C=O) groups is 1. The molecule has 0 N–H and O–H groups in total. The maximum absolute atomic E-state index is 13.3. The van der Waals surface area contributed by atoms with Crippen molar-refractivity contribution in [3.63, 3.8) is 0 Å². The van der Waals surface area contributed by atoms with Gasteiger partial charge in [0.25, 0.3) is 0 Å². The number of carbonyl (C=O) groups excluding carboxylic acids is 1. The predicted molar refractivity (Wildman–Crippen MR) is 67.5 cm³/mol. The van der Waals surface area contributed by atoms with Crippen molar-refractivity contribution in [3.05, 3.63) is 41.2 Å². The van der Waals surface area contributed by atoms with Crippen LogP contribution in [0, 0.1) is 0 Å². The van der Waals surface area contributed by atoms with Crippen LogP contribution in [-0.4, -0.2) is 19.7 Å². The summed E-state index contributed by atoms with van der Waals surface area (Å²) in [4.78, 5) is 11.0. The van der Waals surface area contributed by atoms with E-state index in [4.69, 9.17) is 0 Å². The van der Waals surface area contributed by atoms with Gasteiger partial charge in [-0.05, 0) is 37.1 Å². The molecule has 0 atom stereocenters. The van der Waals surface area contributed by atoms with Gasteiger partial charge in [0.2, 0.25) is 5.83 Å². The Morgan fingerprint density at radius 1 is 1.33 bits per heavy atom. The monoisotopic (exact) mass is 306 g/mol. The SMILES string of the molecule is CCOC(=O)C(F)=CCc1ccc(OC)c(C(F)(F)F)c1. The van der Waals surface area contributed by atoms with Crippen molar-refractivity contribution in [1.82, 2.24) is 0 Å². The lowest BCUT2D eigenvalue weighted by Gasteiger charge is -2.12. The van der Waals surface area contributed by atoms with Crippen molar-refractivity contribution < 1.29 is 31.8 Å². The van der Waals surface area contributed by atoms with E-state index >= 15 is 0 Å². The normalized spacial score (nSPS) is 12.2. The van der Waals surface area contributed by atoms with Crippen LogP contribution in [0.25, 0.3) is 0 Å². The number of hydrogen-bond acceptors (Lipinski definition) is 3. The van der Waals surface area contributed by atoms with Gasteiger partial charge in [-0.2, -0.15) is 17.6 Å². The minimum absolute atomic E-state index is 0.0147. The fourth-order valence-corrected chi connectivity index (χ4v) is 1.59. The van der Waals surface area contributed by atoms with Crippen molar-refractivity contribution >= 4 is 5.97 Å². The number of hydrogen-bond donors (Lipinski definition) is 0. The van der Waals surface area contributed by atoms with Gasteiger partial charge >= 0.3 is 12.1 Å². The number of benzene rings is 1. The number of methoxy groups -OCH3 is 1. The van der Waals surface area contributed by atoms with Crippen LogP contribution < -0.4 is 4.74 Å². The summed E-state index contributed by atoms with van der Waals surface area (Å²) < 4.78 is 60.7. The molecule has 0 amide bonds. The topological polar surface area (TPSA) is 35.5 Å². The molecular formula is C14H14F4O3. The van der Waals surface area contributed by atoms with E-state index in [9.17, 15) is 22.4 Å². The summed E-state index contributed by atoms with van der Waals surface area (Å²) in [6.45, 7) is 1.53. The molecule has 116 valence electrons. The Labute approximate surface area is 119 Å². The first-order valence-electron chi connectivity index (χ1n) is 6.06. The van der Waals surface area contributed by atoms with Crippen LogP contribution in [-0.2, 0) is 22.1 Å². The lowest BCUT2D eigenvalue weighted by Crippen LogP contribution is -2.08. The van der Waals surface area contributed by atoms with Crippen LogP contribution in [0.2, 0.25) is 0 Å². The maximum Gasteiger partial charge on any atom is 0.419 e. The first kappa shape index (κ1) is 17.0. The van der Waals surface area contributed by atoms with Crippen LogP contribution >= 0.6 is 0 Å². The third-order valence-corrected chi connectivity index (χ3v) is 2.56. The van der Waals surface area contributed by atoms with E-state index in [0.717, 1.165) is 25.3 Å². The zero-order valence-electron chi connectivity index (χ0n) is 11.5. The first-order valence-corrected chi connectivity index (χ1v) is 6.06. The second kappa shape index (κ2) is 7.10. The molecule has 1 aromatic carbocycles. The smallest absolute Gasteiger partial charge is 0.419 e. The minimum Gasteiger partial charge on any atom is -0.496 e. The number of rotatable bonds is 5. The Hall–Kier alpha value is -2.05. The van der Waals surface area contributed by atoms with Gasteiger partial charge in [0.05, 0.1) is 19.3 Å². The zero-order chi connectivity index (χ0) is 16.0. The molecule has 0 fully saturated rings. The second-order valence-electron chi connectivity index (χ2n) is 4.01. The van der Waals surface area contributed by atoms with E-state index < -0.39 is 23.5 Å². The van der Waals surface area contributed by atoms with Crippen LogP contribution in [0.4, 0.5) is 17.6 Å². The van der Waals surface area contributed by atoms with Crippen LogP contribution in [0.15, 0.2) is 30.1 Å². The highest BCUT2D eigenvalue weighted by atomic mass is 19.4. The van der Waals surface area contributed by atoms with Gasteiger partial charge in [0.1, 0.15) is 5.75 Å². The highest BCUT2D eigenvalue weighted by Crippen LogP contribution is 2.36. The van der Waals surface area contributed by atoms with Gasteiger partial charge in [0, 0.05) is 0 Å². The van der Waals surface area contributed by atoms with Gasteiger partial charge in [-0.3, -0.25) is 0 Å². The molecule has 3 nitrogen and oxygen atoms in total. The Kier molecular flexibility index (Phi) is 5.75. The molecule has 7 heteroatoms. The average Bonchev–Trinajstić information content (AvgIpc) is 2.43. The zero-order valence-corrected chi connectivity index (χ0v) is 11.5. The highest BCUT2D eigenvalue weighted by Gasteiger charge is 2.34. The summed E-state index contributed by atoms with van der Waals surface area (Å²) in [6.07, 6.45) is -3.87. The third-order valence-electron chi connectivity index (χ3n) is 2.56. The number of esters is 1. The quantitative estimate of drug-likeness (QED) is 0.473. The molecule has 0 aliphatic carbocycles. The van der Waals surface area contributed by atoms with Crippen LogP contribution in [0.5, 0.6) is 5.75 Å². The number of alkyl halides is 3. The lowest BCUT2D eigenvalue weighted by atomic mass is 10.1. The number of allylic oxidation sites excluding steroid dienone is 1. The molecule has 21 heavy (non-hydrogen) atoms. The van der Waals surface area contributed by atoms with Gasteiger partial charge < -0.3 is 9.47 Å². The van der Waals surface area contributed by atoms with Gasteiger partial charge in [0.15, 0.2) is 0 Å². The fourth-order valence-electron chi connectivity index (χ4n) is 1.59. The molecule has 0 aromatic heterocycles. The first-order chi connectivity index (χ1) is 9.79. The minimum atomic E-state index is -4.58. The van der Waals surface area contributed by atoms with E-state index in [1.165, 1.54) is 13.0 Å². The van der Waals surface area contributed by atoms with Crippen molar-refractivity contribution in [3.8, 4) is 5.75 Å². The predicted octanol–water partition coefficient (Wildman–Crippen LogP) is 3.67. The van der Waals surface area contributed by atoms with Gasteiger partial charge in [-0.1, -0.05) is 6.07 Å². The molecule has 0 saturated carbocycles. The summed E-state index contributed by atoms with van der Waals surface area (Å²) in [5, 5.41) is 0. The lowest BCUT2D eigenvalue weighted by molar-refractivity contribution is -0.140. The van der Waals surface area contributed by atoms with Crippen molar-refractivity contribution in [2.75, 3.05) is 13.7 Å².